The van der Waals surface area contributed by atoms with Crippen molar-refractivity contribution in [1.82, 2.24) is 4.90 Å². The molecule has 1 aromatic carbocycles. The molecule has 3 nitrogen and oxygen atoms in total. The molecular formula is C14H18BrNO2. The van der Waals surface area contributed by atoms with Crippen molar-refractivity contribution in [3.8, 4) is 0 Å². The van der Waals surface area contributed by atoms with Crippen molar-refractivity contribution in [2.24, 2.45) is 0 Å². The van der Waals surface area contributed by atoms with Gasteiger partial charge in [0.05, 0.1) is 12.6 Å². The van der Waals surface area contributed by atoms with Crippen molar-refractivity contribution in [3.63, 3.8) is 0 Å². The minimum atomic E-state index is 0.0417. The van der Waals surface area contributed by atoms with Crippen LogP contribution in [0.3, 0.4) is 0 Å². The molecule has 1 aliphatic rings. The summed E-state index contributed by atoms with van der Waals surface area (Å²) < 4.78 is 1.04. The van der Waals surface area contributed by atoms with Crippen molar-refractivity contribution in [3.05, 3.63) is 34.3 Å². The summed E-state index contributed by atoms with van der Waals surface area (Å²) in [5, 5.41) is 9.21. The highest BCUT2D eigenvalue weighted by molar-refractivity contribution is 9.10. The summed E-state index contributed by atoms with van der Waals surface area (Å²) >= 11 is 3.43. The fraction of sp³-hybridized carbons (Fsp3) is 0.500. The number of nitrogens with zero attached hydrogens (tertiary/aromatic N) is 1. The van der Waals surface area contributed by atoms with E-state index in [1.807, 2.05) is 29.2 Å². The molecule has 98 valence electrons. The summed E-state index contributed by atoms with van der Waals surface area (Å²) in [6.45, 7) is 0.880. The zero-order valence-electron chi connectivity index (χ0n) is 10.3. The number of aryl methyl sites for hydroxylation is 1. The second kappa shape index (κ2) is 6.34. The average Bonchev–Trinajstić information content (AvgIpc) is 2.84. The van der Waals surface area contributed by atoms with Crippen LogP contribution in [0.1, 0.15) is 24.8 Å². The van der Waals surface area contributed by atoms with Gasteiger partial charge in [-0.2, -0.15) is 0 Å². The number of likely N-dealkylation sites (tertiary alicyclic amines) is 1. The van der Waals surface area contributed by atoms with E-state index in [4.69, 9.17) is 0 Å². The van der Waals surface area contributed by atoms with E-state index in [0.717, 1.165) is 35.8 Å². The van der Waals surface area contributed by atoms with E-state index < -0.39 is 0 Å². The van der Waals surface area contributed by atoms with Gasteiger partial charge in [-0.3, -0.25) is 4.79 Å². The van der Waals surface area contributed by atoms with Gasteiger partial charge in [0.1, 0.15) is 0 Å². The summed E-state index contributed by atoms with van der Waals surface area (Å²) in [6.07, 6.45) is 3.22. The summed E-state index contributed by atoms with van der Waals surface area (Å²) in [4.78, 5) is 13.9. The van der Waals surface area contributed by atoms with Crippen LogP contribution in [0.15, 0.2) is 28.7 Å². The van der Waals surface area contributed by atoms with Gasteiger partial charge >= 0.3 is 0 Å². The number of benzene rings is 1. The lowest BCUT2D eigenvalue weighted by Gasteiger charge is -2.23. The number of carbonyl (C=O) groups is 1. The van der Waals surface area contributed by atoms with Gasteiger partial charge in [-0.1, -0.05) is 28.1 Å². The van der Waals surface area contributed by atoms with E-state index in [2.05, 4.69) is 15.9 Å². The fourth-order valence-electron chi connectivity index (χ4n) is 2.44. The van der Waals surface area contributed by atoms with Crippen molar-refractivity contribution < 1.29 is 9.90 Å². The van der Waals surface area contributed by atoms with Gasteiger partial charge in [-0.15, -0.1) is 0 Å². The van der Waals surface area contributed by atoms with Crippen LogP contribution in [-0.2, 0) is 11.2 Å². The SMILES string of the molecule is O=C(CCc1cccc(Br)c1)N1CCCC1CO. The van der Waals surface area contributed by atoms with E-state index in [1.165, 1.54) is 0 Å². The summed E-state index contributed by atoms with van der Waals surface area (Å²) in [6, 6.07) is 8.08. The molecule has 1 heterocycles. The molecule has 1 aliphatic heterocycles. The quantitative estimate of drug-likeness (QED) is 0.927. The second-order valence-corrected chi connectivity index (χ2v) is 5.61. The monoisotopic (exact) mass is 311 g/mol. The lowest BCUT2D eigenvalue weighted by atomic mass is 10.1. The minimum Gasteiger partial charge on any atom is -0.394 e. The Morgan fingerprint density at radius 2 is 2.33 bits per heavy atom. The first-order chi connectivity index (χ1) is 8.70. The van der Waals surface area contributed by atoms with Crippen LogP contribution in [0.4, 0.5) is 0 Å². The van der Waals surface area contributed by atoms with Crippen molar-refractivity contribution >= 4 is 21.8 Å². The van der Waals surface area contributed by atoms with Gasteiger partial charge < -0.3 is 10.0 Å². The molecule has 4 heteroatoms. The topological polar surface area (TPSA) is 40.5 Å². The van der Waals surface area contributed by atoms with Crippen LogP contribution in [0, 0.1) is 0 Å². The zero-order chi connectivity index (χ0) is 13.0. The molecule has 0 saturated carbocycles. The maximum Gasteiger partial charge on any atom is 0.223 e. The number of hydrogen-bond acceptors (Lipinski definition) is 2. The number of amides is 1. The maximum absolute atomic E-state index is 12.1. The smallest absolute Gasteiger partial charge is 0.223 e. The molecule has 1 unspecified atom stereocenters. The number of carbonyl (C=O) groups excluding carboxylic acids is 1. The van der Waals surface area contributed by atoms with E-state index in [9.17, 15) is 9.90 Å². The Hall–Kier alpha value is -0.870. The van der Waals surface area contributed by atoms with Gasteiger partial charge in [-0.05, 0) is 37.0 Å². The third-order valence-electron chi connectivity index (χ3n) is 3.42. The molecule has 1 saturated heterocycles. The number of aliphatic hydroxyl groups excluding tert-OH is 1. The average molecular weight is 312 g/mol. The predicted molar refractivity (Wildman–Crippen MR) is 74.3 cm³/mol. The van der Waals surface area contributed by atoms with Crippen LogP contribution in [-0.4, -0.2) is 35.1 Å². The molecular weight excluding hydrogens is 294 g/mol. The van der Waals surface area contributed by atoms with E-state index in [-0.39, 0.29) is 18.6 Å². The van der Waals surface area contributed by atoms with Gasteiger partial charge in [0.2, 0.25) is 5.91 Å². The third-order valence-corrected chi connectivity index (χ3v) is 3.92. The minimum absolute atomic E-state index is 0.0417. The lowest BCUT2D eigenvalue weighted by Crippen LogP contribution is -2.37. The summed E-state index contributed by atoms with van der Waals surface area (Å²) in [5.41, 5.74) is 1.16. The Morgan fingerprint density at radius 3 is 3.06 bits per heavy atom. The van der Waals surface area contributed by atoms with E-state index >= 15 is 0 Å². The molecule has 0 radical (unpaired) electrons. The number of rotatable bonds is 4. The fourth-order valence-corrected chi connectivity index (χ4v) is 2.89. The molecule has 2 rings (SSSR count). The highest BCUT2D eigenvalue weighted by Crippen LogP contribution is 2.19. The Labute approximate surface area is 116 Å². The molecule has 0 aliphatic carbocycles. The van der Waals surface area contributed by atoms with E-state index in [1.54, 1.807) is 0 Å². The highest BCUT2D eigenvalue weighted by atomic mass is 79.9. The Balaban J connectivity index is 1.88. The normalized spacial score (nSPS) is 19.2. The molecule has 0 bridgehead atoms. The number of halogens is 1. The Morgan fingerprint density at radius 1 is 1.50 bits per heavy atom. The summed E-state index contributed by atoms with van der Waals surface area (Å²) in [5.74, 6) is 0.159. The van der Waals surface area contributed by atoms with Gasteiger partial charge in [0.15, 0.2) is 0 Å². The molecule has 1 fully saturated rings. The van der Waals surface area contributed by atoms with Crippen LogP contribution >= 0.6 is 15.9 Å². The standard InChI is InChI=1S/C14H18BrNO2/c15-12-4-1-3-11(9-12)6-7-14(18)16-8-2-5-13(16)10-17/h1,3-4,9,13,17H,2,5-8,10H2. The molecule has 1 N–H and O–H groups in total. The third kappa shape index (κ3) is 3.33. The molecule has 0 aromatic heterocycles. The van der Waals surface area contributed by atoms with Crippen molar-refractivity contribution in [1.29, 1.82) is 0 Å². The van der Waals surface area contributed by atoms with Gasteiger partial charge in [-0.25, -0.2) is 0 Å². The van der Waals surface area contributed by atoms with Crippen LogP contribution in [0.25, 0.3) is 0 Å². The largest absolute Gasteiger partial charge is 0.394 e. The van der Waals surface area contributed by atoms with Crippen molar-refractivity contribution in [2.75, 3.05) is 13.2 Å². The molecule has 18 heavy (non-hydrogen) atoms. The summed E-state index contributed by atoms with van der Waals surface area (Å²) in [7, 11) is 0. The molecule has 1 amide bonds. The van der Waals surface area contributed by atoms with Crippen molar-refractivity contribution in [2.45, 2.75) is 31.7 Å². The zero-order valence-corrected chi connectivity index (χ0v) is 11.9. The number of hydrogen-bond donors (Lipinski definition) is 1. The van der Waals surface area contributed by atoms with Gasteiger partial charge in [0, 0.05) is 17.4 Å². The molecule has 1 atom stereocenters. The first-order valence-electron chi connectivity index (χ1n) is 6.35. The van der Waals surface area contributed by atoms with Crippen LogP contribution < -0.4 is 0 Å². The van der Waals surface area contributed by atoms with Crippen LogP contribution in [0.2, 0.25) is 0 Å². The van der Waals surface area contributed by atoms with Gasteiger partial charge in [0.25, 0.3) is 0 Å². The first kappa shape index (κ1) is 13.6. The maximum atomic E-state index is 12.1. The molecule has 0 spiro atoms. The Kier molecular flexibility index (Phi) is 4.78. The van der Waals surface area contributed by atoms with Crippen LogP contribution in [0.5, 0.6) is 0 Å². The first-order valence-corrected chi connectivity index (χ1v) is 7.15. The molecule has 1 aromatic rings. The Bertz CT molecular complexity index is 422. The highest BCUT2D eigenvalue weighted by Gasteiger charge is 2.27. The van der Waals surface area contributed by atoms with E-state index in [0.29, 0.717) is 6.42 Å². The predicted octanol–water partition coefficient (Wildman–Crippen LogP) is 2.37. The second-order valence-electron chi connectivity index (χ2n) is 4.70. The number of aliphatic hydroxyl groups is 1. The lowest BCUT2D eigenvalue weighted by molar-refractivity contribution is -0.132.